The number of carbonyl (C=O) groups is 2. The van der Waals surface area contributed by atoms with Crippen LogP contribution in [-0.4, -0.2) is 28.6 Å². The molecule has 1 heterocycles. The molecule has 1 aromatic heterocycles. The molecule has 5 nitrogen and oxygen atoms in total. The number of carboxylic acid groups (broad SMARTS) is 1. The molecule has 0 aliphatic rings. The standard InChI is InChI=1S/C15H12FNO4/c1-2-21-15(20)11-4-3-9(7-13(11)16)10-5-6-17-8-12(10)14(18)19/h3-8H,2H2,1H3,(H,18,19). The highest BCUT2D eigenvalue weighted by molar-refractivity contribution is 5.96. The highest BCUT2D eigenvalue weighted by Crippen LogP contribution is 2.25. The van der Waals surface area contributed by atoms with Crippen molar-refractivity contribution in [3.05, 3.63) is 53.6 Å². The number of halogens is 1. The minimum Gasteiger partial charge on any atom is -0.478 e. The van der Waals surface area contributed by atoms with E-state index in [1.54, 1.807) is 6.92 Å². The molecule has 0 saturated carbocycles. The Kier molecular flexibility index (Phi) is 4.27. The van der Waals surface area contributed by atoms with Crippen LogP contribution in [0.15, 0.2) is 36.7 Å². The zero-order chi connectivity index (χ0) is 15.4. The predicted molar refractivity (Wildman–Crippen MR) is 72.5 cm³/mol. The highest BCUT2D eigenvalue weighted by Gasteiger charge is 2.16. The van der Waals surface area contributed by atoms with Crippen LogP contribution in [0.25, 0.3) is 11.1 Å². The number of benzene rings is 1. The van der Waals surface area contributed by atoms with Crippen LogP contribution in [0.5, 0.6) is 0 Å². The zero-order valence-electron chi connectivity index (χ0n) is 11.2. The van der Waals surface area contributed by atoms with Gasteiger partial charge in [0, 0.05) is 12.4 Å². The fourth-order valence-corrected chi connectivity index (χ4v) is 1.87. The van der Waals surface area contributed by atoms with Gasteiger partial charge in [-0.25, -0.2) is 14.0 Å². The normalized spacial score (nSPS) is 10.2. The number of carboxylic acids is 1. The molecule has 0 bridgehead atoms. The topological polar surface area (TPSA) is 76.5 Å². The Hall–Kier alpha value is -2.76. The Bertz CT molecular complexity index is 700. The average Bonchev–Trinajstić information content (AvgIpc) is 2.47. The van der Waals surface area contributed by atoms with Crippen molar-refractivity contribution in [3.63, 3.8) is 0 Å². The number of esters is 1. The maximum atomic E-state index is 14.0. The Morgan fingerprint density at radius 1 is 1.29 bits per heavy atom. The largest absolute Gasteiger partial charge is 0.478 e. The monoisotopic (exact) mass is 289 g/mol. The van der Waals surface area contributed by atoms with E-state index in [9.17, 15) is 14.0 Å². The molecule has 2 rings (SSSR count). The number of nitrogens with zero attached hydrogens (tertiary/aromatic N) is 1. The molecular weight excluding hydrogens is 277 g/mol. The fourth-order valence-electron chi connectivity index (χ4n) is 1.87. The Morgan fingerprint density at radius 2 is 2.05 bits per heavy atom. The summed E-state index contributed by atoms with van der Waals surface area (Å²) in [7, 11) is 0. The third-order valence-electron chi connectivity index (χ3n) is 2.83. The lowest BCUT2D eigenvalue weighted by molar-refractivity contribution is 0.0520. The van der Waals surface area contributed by atoms with Gasteiger partial charge in [0.1, 0.15) is 5.82 Å². The Labute approximate surface area is 120 Å². The van der Waals surface area contributed by atoms with E-state index in [1.807, 2.05) is 0 Å². The van der Waals surface area contributed by atoms with Gasteiger partial charge in [0.05, 0.1) is 17.7 Å². The zero-order valence-corrected chi connectivity index (χ0v) is 11.2. The lowest BCUT2D eigenvalue weighted by Gasteiger charge is -2.08. The number of hydrogen-bond donors (Lipinski definition) is 1. The highest BCUT2D eigenvalue weighted by atomic mass is 19.1. The van der Waals surface area contributed by atoms with Crippen LogP contribution in [0.3, 0.4) is 0 Å². The van der Waals surface area contributed by atoms with Crippen LogP contribution in [0.1, 0.15) is 27.6 Å². The van der Waals surface area contributed by atoms with E-state index in [0.717, 1.165) is 6.07 Å². The number of aromatic nitrogens is 1. The summed E-state index contributed by atoms with van der Waals surface area (Å²) in [5.74, 6) is -2.68. The summed E-state index contributed by atoms with van der Waals surface area (Å²) < 4.78 is 18.7. The van der Waals surface area contributed by atoms with E-state index in [0.29, 0.717) is 11.1 Å². The smallest absolute Gasteiger partial charge is 0.341 e. The molecule has 108 valence electrons. The first-order valence-electron chi connectivity index (χ1n) is 6.19. The average molecular weight is 289 g/mol. The first-order chi connectivity index (χ1) is 10.0. The van der Waals surface area contributed by atoms with Gasteiger partial charge in [0.2, 0.25) is 0 Å². The van der Waals surface area contributed by atoms with Gasteiger partial charge in [0.25, 0.3) is 0 Å². The van der Waals surface area contributed by atoms with Gasteiger partial charge in [-0.2, -0.15) is 0 Å². The summed E-state index contributed by atoms with van der Waals surface area (Å²) in [6, 6.07) is 5.32. The third-order valence-corrected chi connectivity index (χ3v) is 2.83. The van der Waals surface area contributed by atoms with E-state index in [-0.39, 0.29) is 17.7 Å². The third kappa shape index (κ3) is 3.05. The second-order valence-corrected chi connectivity index (χ2v) is 4.14. The van der Waals surface area contributed by atoms with Gasteiger partial charge in [0.15, 0.2) is 0 Å². The lowest BCUT2D eigenvalue weighted by atomic mass is 10.00. The molecule has 0 fully saturated rings. The second kappa shape index (κ2) is 6.13. The molecule has 1 aromatic carbocycles. The van der Waals surface area contributed by atoms with Crippen molar-refractivity contribution in [2.45, 2.75) is 6.92 Å². The molecule has 1 N–H and O–H groups in total. The van der Waals surface area contributed by atoms with Crippen molar-refractivity contribution >= 4 is 11.9 Å². The molecule has 6 heteroatoms. The Morgan fingerprint density at radius 3 is 2.67 bits per heavy atom. The summed E-state index contributed by atoms with van der Waals surface area (Å²) in [6.45, 7) is 1.77. The van der Waals surface area contributed by atoms with Crippen LogP contribution >= 0.6 is 0 Å². The number of pyridine rings is 1. The molecule has 21 heavy (non-hydrogen) atoms. The van der Waals surface area contributed by atoms with Crippen LogP contribution in [0.4, 0.5) is 4.39 Å². The molecule has 0 atom stereocenters. The minimum atomic E-state index is -1.16. The number of hydrogen-bond acceptors (Lipinski definition) is 4. The lowest BCUT2D eigenvalue weighted by Crippen LogP contribution is -2.07. The maximum absolute atomic E-state index is 14.0. The van der Waals surface area contributed by atoms with Crippen molar-refractivity contribution in [2.75, 3.05) is 6.61 Å². The molecular formula is C15H12FNO4. The van der Waals surface area contributed by atoms with Crippen LogP contribution in [0.2, 0.25) is 0 Å². The fraction of sp³-hybridized carbons (Fsp3) is 0.133. The van der Waals surface area contributed by atoms with E-state index in [2.05, 4.69) is 4.98 Å². The van der Waals surface area contributed by atoms with Crippen molar-refractivity contribution < 1.29 is 23.8 Å². The van der Waals surface area contributed by atoms with Gasteiger partial charge in [-0.15, -0.1) is 0 Å². The predicted octanol–water partition coefficient (Wildman–Crippen LogP) is 2.76. The molecule has 0 radical (unpaired) electrons. The van der Waals surface area contributed by atoms with E-state index in [1.165, 1.54) is 30.6 Å². The van der Waals surface area contributed by atoms with Gasteiger partial charge in [-0.05, 0) is 36.2 Å². The van der Waals surface area contributed by atoms with Gasteiger partial charge in [-0.1, -0.05) is 6.07 Å². The van der Waals surface area contributed by atoms with Crippen LogP contribution in [0, 0.1) is 5.82 Å². The number of rotatable bonds is 4. The molecule has 0 amide bonds. The van der Waals surface area contributed by atoms with Crippen molar-refractivity contribution in [3.8, 4) is 11.1 Å². The van der Waals surface area contributed by atoms with E-state index >= 15 is 0 Å². The van der Waals surface area contributed by atoms with Crippen molar-refractivity contribution in [1.29, 1.82) is 0 Å². The van der Waals surface area contributed by atoms with Crippen molar-refractivity contribution in [2.24, 2.45) is 0 Å². The number of ether oxygens (including phenoxy) is 1. The van der Waals surface area contributed by atoms with Crippen molar-refractivity contribution in [1.82, 2.24) is 4.98 Å². The van der Waals surface area contributed by atoms with Gasteiger partial charge in [-0.3, -0.25) is 4.98 Å². The number of carbonyl (C=O) groups excluding carboxylic acids is 1. The van der Waals surface area contributed by atoms with Gasteiger partial charge >= 0.3 is 11.9 Å². The molecule has 0 aliphatic heterocycles. The molecule has 0 aliphatic carbocycles. The summed E-state index contributed by atoms with van der Waals surface area (Å²) in [6.07, 6.45) is 2.60. The van der Waals surface area contributed by atoms with E-state index in [4.69, 9.17) is 9.84 Å². The molecule has 0 saturated heterocycles. The molecule has 0 spiro atoms. The maximum Gasteiger partial charge on any atom is 0.341 e. The Balaban J connectivity index is 2.46. The van der Waals surface area contributed by atoms with Gasteiger partial charge < -0.3 is 9.84 Å². The SMILES string of the molecule is CCOC(=O)c1ccc(-c2ccncc2C(=O)O)cc1F. The molecule has 2 aromatic rings. The number of aromatic carboxylic acids is 1. The molecule has 0 unspecified atom stereocenters. The summed E-state index contributed by atoms with van der Waals surface area (Å²) in [5, 5.41) is 9.10. The minimum absolute atomic E-state index is 0.0409. The van der Waals surface area contributed by atoms with E-state index < -0.39 is 17.8 Å². The quantitative estimate of drug-likeness (QED) is 0.876. The summed E-state index contributed by atoms with van der Waals surface area (Å²) in [4.78, 5) is 26.4. The van der Waals surface area contributed by atoms with Crippen LogP contribution in [-0.2, 0) is 4.74 Å². The first kappa shape index (κ1) is 14.6. The summed E-state index contributed by atoms with van der Waals surface area (Å²) >= 11 is 0. The summed E-state index contributed by atoms with van der Waals surface area (Å²) in [5.41, 5.74) is 0.444. The second-order valence-electron chi connectivity index (χ2n) is 4.14. The first-order valence-corrected chi connectivity index (χ1v) is 6.19. The van der Waals surface area contributed by atoms with Crippen LogP contribution < -0.4 is 0 Å².